The smallest absolute Gasteiger partial charge is 0.250 e. The first kappa shape index (κ1) is 21.8. The molecule has 1 aliphatic rings. The van der Waals surface area contributed by atoms with Crippen LogP contribution in [-0.2, 0) is 4.79 Å². The number of aromatic nitrogens is 2. The van der Waals surface area contributed by atoms with E-state index in [9.17, 15) is 9.18 Å². The van der Waals surface area contributed by atoms with Crippen LogP contribution in [0.25, 0.3) is 11.8 Å². The first-order chi connectivity index (χ1) is 15.5. The number of carbonyl (C=O) groups excluding carboxylic acids is 1. The summed E-state index contributed by atoms with van der Waals surface area (Å²) in [5.41, 5.74) is 4.49. The fourth-order valence-corrected chi connectivity index (χ4v) is 4.34. The number of ether oxygens (including phenoxy) is 1. The summed E-state index contributed by atoms with van der Waals surface area (Å²) in [7, 11) is 1.64. The molecule has 0 saturated carbocycles. The lowest BCUT2D eigenvalue weighted by Crippen LogP contribution is -2.39. The Kier molecular flexibility index (Phi) is 6.40. The number of likely N-dealkylation sites (tertiary alicyclic amines) is 1. The number of methoxy groups -OCH3 is 1. The predicted octanol–water partition coefficient (Wildman–Crippen LogP) is 5.49. The van der Waals surface area contributed by atoms with E-state index in [4.69, 9.17) is 4.74 Å². The lowest BCUT2D eigenvalue weighted by Gasteiger charge is -2.35. The van der Waals surface area contributed by atoms with Gasteiger partial charge in [0.25, 0.3) is 0 Å². The maximum Gasteiger partial charge on any atom is 0.250 e. The highest BCUT2D eigenvalue weighted by atomic mass is 19.1. The summed E-state index contributed by atoms with van der Waals surface area (Å²) < 4.78 is 20.9. The summed E-state index contributed by atoms with van der Waals surface area (Å²) in [6, 6.07) is 12.3. The lowest BCUT2D eigenvalue weighted by molar-refractivity contribution is -0.131. The summed E-state index contributed by atoms with van der Waals surface area (Å²) in [6.07, 6.45) is 8.07. The molecule has 166 valence electrons. The third kappa shape index (κ3) is 4.44. The molecule has 0 bridgehead atoms. The Morgan fingerprint density at radius 2 is 2.00 bits per heavy atom. The number of hydrogen-bond acceptors (Lipinski definition) is 3. The van der Waals surface area contributed by atoms with Crippen molar-refractivity contribution in [2.24, 2.45) is 0 Å². The van der Waals surface area contributed by atoms with Crippen LogP contribution in [0.4, 0.5) is 4.39 Å². The quantitative estimate of drug-likeness (QED) is 0.483. The van der Waals surface area contributed by atoms with Gasteiger partial charge in [-0.25, -0.2) is 9.37 Å². The lowest BCUT2D eigenvalue weighted by atomic mass is 9.95. The highest BCUT2D eigenvalue weighted by molar-refractivity contribution is 5.98. The van der Waals surface area contributed by atoms with Crippen LogP contribution in [0.5, 0.6) is 5.75 Å². The second-order valence-corrected chi connectivity index (χ2v) is 8.10. The molecule has 32 heavy (non-hydrogen) atoms. The SMILES string of the molecule is CC[C@H](c1ccc(F)cc1)N1CCC/C(=C\c2ccc(-n3cnc(C)c3)c(OC)c2)C1=O. The van der Waals surface area contributed by atoms with Crippen LogP contribution in [0.1, 0.15) is 49.0 Å². The predicted molar refractivity (Wildman–Crippen MR) is 123 cm³/mol. The Bertz CT molecular complexity index is 1130. The fourth-order valence-electron chi connectivity index (χ4n) is 4.34. The third-order valence-electron chi connectivity index (χ3n) is 5.93. The largest absolute Gasteiger partial charge is 0.495 e. The average molecular weight is 434 g/mol. The van der Waals surface area contributed by atoms with Crippen molar-refractivity contribution in [1.82, 2.24) is 14.5 Å². The Labute approximate surface area is 188 Å². The molecular weight excluding hydrogens is 405 g/mol. The van der Waals surface area contributed by atoms with Gasteiger partial charge in [0.2, 0.25) is 5.91 Å². The molecule has 2 aromatic carbocycles. The molecule has 0 N–H and O–H groups in total. The highest BCUT2D eigenvalue weighted by Crippen LogP contribution is 2.32. The van der Waals surface area contributed by atoms with E-state index < -0.39 is 0 Å². The summed E-state index contributed by atoms with van der Waals surface area (Å²) in [5, 5.41) is 0. The van der Waals surface area contributed by atoms with E-state index in [0.717, 1.165) is 53.1 Å². The number of hydrogen-bond donors (Lipinski definition) is 0. The van der Waals surface area contributed by atoms with Crippen LogP contribution in [0.3, 0.4) is 0 Å². The Morgan fingerprint density at radius 1 is 1.22 bits per heavy atom. The number of nitrogens with zero attached hydrogens (tertiary/aromatic N) is 3. The van der Waals surface area contributed by atoms with Gasteiger partial charge < -0.3 is 14.2 Å². The number of carbonyl (C=O) groups is 1. The second-order valence-electron chi connectivity index (χ2n) is 8.10. The Balaban J connectivity index is 1.61. The van der Waals surface area contributed by atoms with Gasteiger partial charge in [-0.3, -0.25) is 4.79 Å². The molecule has 6 heteroatoms. The summed E-state index contributed by atoms with van der Waals surface area (Å²) in [4.78, 5) is 19.6. The van der Waals surface area contributed by atoms with Crippen LogP contribution in [0.2, 0.25) is 0 Å². The third-order valence-corrected chi connectivity index (χ3v) is 5.93. The number of piperidine rings is 1. The molecule has 3 aromatic rings. The van der Waals surface area contributed by atoms with Crippen LogP contribution in [0, 0.1) is 12.7 Å². The number of aryl methyl sites for hydroxylation is 1. The number of amides is 1. The maximum absolute atomic E-state index is 13.4. The molecule has 1 amide bonds. The highest BCUT2D eigenvalue weighted by Gasteiger charge is 2.29. The standard InChI is InChI=1S/C26H28FN3O2/c1-4-23(20-8-10-22(27)11-9-20)30-13-5-6-21(26(30)31)14-19-7-12-24(25(15-19)32-3)29-16-18(2)28-17-29/h7-12,14-17,23H,4-6,13H2,1-3H3/b21-14+/t23-/m1/s1. The van der Waals surface area contributed by atoms with E-state index in [1.165, 1.54) is 12.1 Å². The molecule has 0 spiro atoms. The Morgan fingerprint density at radius 3 is 2.66 bits per heavy atom. The molecule has 0 unspecified atom stereocenters. The van der Waals surface area contributed by atoms with E-state index in [2.05, 4.69) is 11.9 Å². The minimum absolute atomic E-state index is 0.0423. The molecule has 1 saturated heterocycles. The minimum atomic E-state index is -0.266. The molecule has 0 aliphatic carbocycles. The van der Waals surface area contributed by atoms with Crippen LogP contribution < -0.4 is 4.74 Å². The van der Waals surface area contributed by atoms with Gasteiger partial charge in [-0.15, -0.1) is 0 Å². The van der Waals surface area contributed by atoms with Crippen molar-refractivity contribution in [3.8, 4) is 11.4 Å². The van der Waals surface area contributed by atoms with Gasteiger partial charge in [-0.1, -0.05) is 25.1 Å². The van der Waals surface area contributed by atoms with Crippen molar-refractivity contribution in [1.29, 1.82) is 0 Å². The second kappa shape index (κ2) is 9.39. The summed E-state index contributed by atoms with van der Waals surface area (Å²) in [5.74, 6) is 0.493. The average Bonchev–Trinajstić information content (AvgIpc) is 3.23. The summed E-state index contributed by atoms with van der Waals surface area (Å²) in [6.45, 7) is 4.70. The zero-order chi connectivity index (χ0) is 22.7. The molecular formula is C26H28FN3O2. The molecule has 5 nitrogen and oxygen atoms in total. The van der Waals surface area contributed by atoms with E-state index in [0.29, 0.717) is 6.54 Å². The Hall–Kier alpha value is -3.41. The van der Waals surface area contributed by atoms with Crippen LogP contribution >= 0.6 is 0 Å². The maximum atomic E-state index is 13.4. The van der Waals surface area contributed by atoms with Crippen molar-refractivity contribution in [2.45, 2.75) is 39.2 Å². The van der Waals surface area contributed by atoms with Crippen molar-refractivity contribution in [2.75, 3.05) is 13.7 Å². The van der Waals surface area contributed by atoms with E-state index in [1.54, 1.807) is 25.6 Å². The first-order valence-corrected chi connectivity index (χ1v) is 11.0. The van der Waals surface area contributed by atoms with E-state index in [1.807, 2.05) is 46.9 Å². The van der Waals surface area contributed by atoms with E-state index in [-0.39, 0.29) is 17.8 Å². The molecule has 1 aliphatic heterocycles. The minimum Gasteiger partial charge on any atom is -0.495 e. The van der Waals surface area contributed by atoms with Gasteiger partial charge >= 0.3 is 0 Å². The number of halogens is 1. The van der Waals surface area contributed by atoms with Crippen LogP contribution in [-0.4, -0.2) is 34.0 Å². The first-order valence-electron chi connectivity index (χ1n) is 11.0. The fraction of sp³-hybridized carbons (Fsp3) is 0.308. The van der Waals surface area contributed by atoms with Gasteiger partial charge in [0.15, 0.2) is 0 Å². The zero-order valence-electron chi connectivity index (χ0n) is 18.7. The molecule has 0 radical (unpaired) electrons. The number of benzene rings is 2. The normalized spacial score (nSPS) is 16.4. The number of rotatable bonds is 6. The molecule has 1 atom stereocenters. The molecule has 1 fully saturated rings. The molecule has 1 aromatic heterocycles. The van der Waals surface area contributed by atoms with Gasteiger partial charge in [0, 0.05) is 18.3 Å². The van der Waals surface area contributed by atoms with Crippen molar-refractivity contribution < 1.29 is 13.9 Å². The van der Waals surface area contributed by atoms with Crippen molar-refractivity contribution in [3.05, 3.63) is 83.2 Å². The molecule has 2 heterocycles. The van der Waals surface area contributed by atoms with Crippen molar-refractivity contribution >= 4 is 12.0 Å². The van der Waals surface area contributed by atoms with Gasteiger partial charge in [-0.05, 0) is 67.7 Å². The van der Waals surface area contributed by atoms with E-state index >= 15 is 0 Å². The topological polar surface area (TPSA) is 47.4 Å². The van der Waals surface area contributed by atoms with Crippen LogP contribution in [0.15, 0.2) is 60.6 Å². The monoisotopic (exact) mass is 433 g/mol. The van der Waals surface area contributed by atoms with Crippen molar-refractivity contribution in [3.63, 3.8) is 0 Å². The van der Waals surface area contributed by atoms with Gasteiger partial charge in [0.05, 0.1) is 30.9 Å². The molecule has 4 rings (SSSR count). The zero-order valence-corrected chi connectivity index (χ0v) is 18.7. The van der Waals surface area contributed by atoms with Gasteiger partial charge in [-0.2, -0.15) is 0 Å². The summed E-state index contributed by atoms with van der Waals surface area (Å²) >= 11 is 0. The van der Waals surface area contributed by atoms with Gasteiger partial charge in [0.1, 0.15) is 11.6 Å². The number of imidazole rings is 1.